The van der Waals surface area contributed by atoms with Gasteiger partial charge < -0.3 is 4.57 Å². The average Bonchev–Trinajstić information content (AvgIpc) is 2.35. The highest BCUT2D eigenvalue weighted by molar-refractivity contribution is 6.31. The summed E-state index contributed by atoms with van der Waals surface area (Å²) in [6.45, 7) is 0. The first kappa shape index (κ1) is 11.6. The second kappa shape index (κ2) is 4.01. The minimum absolute atomic E-state index is 0.00596. The number of aromatic nitrogens is 1. The molecule has 1 heterocycles. The van der Waals surface area contributed by atoms with Gasteiger partial charge in [0.05, 0.1) is 11.0 Å². The zero-order chi connectivity index (χ0) is 12.9. The number of hydrogen-bond donors (Lipinski definition) is 0. The number of hydrogen-bond acceptors (Lipinski definition) is 1. The van der Waals surface area contributed by atoms with Crippen molar-refractivity contribution in [2.45, 2.75) is 0 Å². The molecule has 2 aromatic carbocycles. The highest BCUT2D eigenvalue weighted by atomic mass is 35.5. The Hall–Kier alpha value is -1.51. The van der Waals surface area contributed by atoms with Crippen LogP contribution in [0.1, 0.15) is 0 Å². The third-order valence-corrected chi connectivity index (χ3v) is 3.60. The van der Waals surface area contributed by atoms with Crippen LogP contribution in [0.2, 0.25) is 10.0 Å². The first-order valence-corrected chi connectivity index (χ1v) is 6.21. The average molecular weight is 278 g/mol. The number of fused-ring (bicyclic) bond motifs is 2. The number of pyridine rings is 1. The molecule has 18 heavy (non-hydrogen) atoms. The Labute approximate surface area is 113 Å². The minimum Gasteiger partial charge on any atom is -0.343 e. The summed E-state index contributed by atoms with van der Waals surface area (Å²) in [7, 11) is 1.90. The van der Waals surface area contributed by atoms with E-state index in [0.717, 1.165) is 11.0 Å². The van der Waals surface area contributed by atoms with Crippen LogP contribution in [0.4, 0.5) is 0 Å². The Kier molecular flexibility index (Phi) is 2.58. The van der Waals surface area contributed by atoms with Gasteiger partial charge >= 0.3 is 0 Å². The van der Waals surface area contributed by atoms with Gasteiger partial charge in [0.25, 0.3) is 0 Å². The zero-order valence-corrected chi connectivity index (χ0v) is 11.1. The van der Waals surface area contributed by atoms with Crippen molar-refractivity contribution in [3.63, 3.8) is 0 Å². The van der Waals surface area contributed by atoms with E-state index in [4.69, 9.17) is 23.2 Å². The number of halogens is 2. The van der Waals surface area contributed by atoms with Gasteiger partial charge in [-0.3, -0.25) is 4.79 Å². The van der Waals surface area contributed by atoms with Crippen LogP contribution in [0.3, 0.4) is 0 Å². The van der Waals surface area contributed by atoms with Crippen LogP contribution in [-0.2, 0) is 7.05 Å². The normalized spacial score (nSPS) is 11.3. The fraction of sp³-hybridized carbons (Fsp3) is 0.0714. The first-order valence-electron chi connectivity index (χ1n) is 5.45. The molecule has 0 atom stereocenters. The Morgan fingerprint density at radius 2 is 1.33 bits per heavy atom. The lowest BCUT2D eigenvalue weighted by Gasteiger charge is -2.10. The first-order chi connectivity index (χ1) is 8.58. The van der Waals surface area contributed by atoms with Gasteiger partial charge in [-0.1, -0.05) is 23.2 Å². The Morgan fingerprint density at radius 1 is 0.889 bits per heavy atom. The largest absolute Gasteiger partial charge is 0.343 e. The van der Waals surface area contributed by atoms with E-state index < -0.39 is 0 Å². The monoisotopic (exact) mass is 277 g/mol. The summed E-state index contributed by atoms with van der Waals surface area (Å²) in [5, 5.41) is 2.55. The molecule has 0 fully saturated rings. The lowest BCUT2D eigenvalue weighted by atomic mass is 10.1. The van der Waals surface area contributed by atoms with Crippen molar-refractivity contribution in [2.75, 3.05) is 0 Å². The highest BCUT2D eigenvalue weighted by Gasteiger charge is 2.09. The Balaban J connectivity index is 2.65. The predicted molar refractivity (Wildman–Crippen MR) is 76.7 cm³/mol. The van der Waals surface area contributed by atoms with Gasteiger partial charge in [-0.25, -0.2) is 0 Å². The van der Waals surface area contributed by atoms with Crippen LogP contribution in [-0.4, -0.2) is 4.57 Å². The van der Waals surface area contributed by atoms with Crippen molar-refractivity contribution in [3.8, 4) is 0 Å². The molecule has 0 bridgehead atoms. The van der Waals surface area contributed by atoms with Crippen molar-refractivity contribution in [3.05, 3.63) is 56.7 Å². The fourth-order valence-corrected chi connectivity index (χ4v) is 2.56. The summed E-state index contributed by atoms with van der Waals surface area (Å²) in [5.74, 6) is 0. The molecule has 0 aliphatic heterocycles. The summed E-state index contributed by atoms with van der Waals surface area (Å²) in [4.78, 5) is 12.4. The maximum atomic E-state index is 12.4. The van der Waals surface area contributed by atoms with E-state index >= 15 is 0 Å². The van der Waals surface area contributed by atoms with Gasteiger partial charge in [0.2, 0.25) is 0 Å². The molecular weight excluding hydrogens is 269 g/mol. The van der Waals surface area contributed by atoms with Gasteiger partial charge in [0.1, 0.15) is 0 Å². The van der Waals surface area contributed by atoms with E-state index in [1.807, 2.05) is 11.6 Å². The van der Waals surface area contributed by atoms with Crippen LogP contribution >= 0.6 is 23.2 Å². The fourth-order valence-electron chi connectivity index (χ4n) is 2.22. The Morgan fingerprint density at radius 3 is 1.78 bits per heavy atom. The van der Waals surface area contributed by atoms with Crippen molar-refractivity contribution in [2.24, 2.45) is 7.05 Å². The second-order valence-corrected chi connectivity index (χ2v) is 5.08. The third-order valence-electron chi connectivity index (χ3n) is 3.13. The number of rotatable bonds is 0. The van der Waals surface area contributed by atoms with Crippen molar-refractivity contribution >= 4 is 45.0 Å². The van der Waals surface area contributed by atoms with Gasteiger partial charge in [-0.2, -0.15) is 0 Å². The third kappa shape index (κ3) is 1.61. The molecule has 0 aliphatic carbocycles. The van der Waals surface area contributed by atoms with Gasteiger partial charge in [0.15, 0.2) is 5.43 Å². The maximum Gasteiger partial charge on any atom is 0.197 e. The number of aryl methyl sites for hydroxylation is 1. The molecule has 3 rings (SSSR count). The lowest BCUT2D eigenvalue weighted by Crippen LogP contribution is -2.08. The molecule has 0 unspecified atom stereocenters. The second-order valence-electron chi connectivity index (χ2n) is 4.21. The highest BCUT2D eigenvalue weighted by Crippen LogP contribution is 2.23. The van der Waals surface area contributed by atoms with Gasteiger partial charge in [-0.05, 0) is 36.4 Å². The van der Waals surface area contributed by atoms with Crippen molar-refractivity contribution in [1.29, 1.82) is 0 Å². The predicted octanol–water partition coefficient (Wildman–Crippen LogP) is 4.00. The molecule has 0 saturated heterocycles. The summed E-state index contributed by atoms with van der Waals surface area (Å²) in [5.41, 5.74) is 1.62. The summed E-state index contributed by atoms with van der Waals surface area (Å²) in [6.07, 6.45) is 0. The number of benzene rings is 2. The molecule has 0 spiro atoms. The molecule has 0 saturated carbocycles. The summed E-state index contributed by atoms with van der Waals surface area (Å²) in [6, 6.07) is 10.6. The van der Waals surface area contributed by atoms with Crippen LogP contribution in [0, 0.1) is 0 Å². The van der Waals surface area contributed by atoms with Crippen molar-refractivity contribution < 1.29 is 0 Å². The maximum absolute atomic E-state index is 12.4. The molecule has 0 N–H and O–H groups in total. The molecule has 2 nitrogen and oxygen atoms in total. The van der Waals surface area contributed by atoms with E-state index in [1.165, 1.54) is 0 Å². The van der Waals surface area contributed by atoms with Crippen LogP contribution < -0.4 is 5.43 Å². The van der Waals surface area contributed by atoms with Crippen molar-refractivity contribution in [1.82, 2.24) is 4.57 Å². The van der Waals surface area contributed by atoms with E-state index in [0.29, 0.717) is 20.8 Å². The molecular formula is C14H9Cl2NO. The standard InChI is InChI=1S/C14H9Cl2NO/c1-17-12-6-8(15)2-4-10(12)14(18)11-5-3-9(16)7-13(11)17/h2-7H,1H3. The molecule has 0 radical (unpaired) electrons. The lowest BCUT2D eigenvalue weighted by molar-refractivity contribution is 1.00. The topological polar surface area (TPSA) is 22.0 Å². The summed E-state index contributed by atoms with van der Waals surface area (Å²) >= 11 is 12.0. The smallest absolute Gasteiger partial charge is 0.197 e. The van der Waals surface area contributed by atoms with E-state index in [-0.39, 0.29) is 5.43 Å². The zero-order valence-electron chi connectivity index (χ0n) is 9.58. The quantitative estimate of drug-likeness (QED) is 0.570. The molecule has 0 amide bonds. The molecule has 0 aliphatic rings. The van der Waals surface area contributed by atoms with Crippen LogP contribution in [0.15, 0.2) is 41.2 Å². The number of nitrogens with zero attached hydrogens (tertiary/aromatic N) is 1. The molecule has 4 heteroatoms. The van der Waals surface area contributed by atoms with Gasteiger partial charge in [-0.15, -0.1) is 0 Å². The van der Waals surface area contributed by atoms with E-state index in [9.17, 15) is 4.79 Å². The SMILES string of the molecule is Cn1c2cc(Cl)ccc2c(=O)c2ccc(Cl)cc21. The molecule has 3 aromatic rings. The van der Waals surface area contributed by atoms with E-state index in [1.54, 1.807) is 36.4 Å². The van der Waals surface area contributed by atoms with Crippen LogP contribution in [0.25, 0.3) is 21.8 Å². The van der Waals surface area contributed by atoms with Crippen LogP contribution in [0.5, 0.6) is 0 Å². The van der Waals surface area contributed by atoms with E-state index in [2.05, 4.69) is 0 Å². The minimum atomic E-state index is 0.00596. The van der Waals surface area contributed by atoms with Gasteiger partial charge in [0, 0.05) is 27.9 Å². The molecule has 1 aromatic heterocycles. The Bertz CT molecular complexity index is 770. The molecule has 90 valence electrons. The summed E-state index contributed by atoms with van der Waals surface area (Å²) < 4.78 is 1.93.